The van der Waals surface area contributed by atoms with E-state index in [9.17, 15) is 0 Å². The van der Waals surface area contributed by atoms with Gasteiger partial charge in [-0.3, -0.25) is 0 Å². The first-order valence-electron chi connectivity index (χ1n) is 9.79. The molecular weight excluding hydrogens is 584 g/mol. The molecule has 0 nitrogen and oxygen atoms in total. The van der Waals surface area contributed by atoms with Crippen LogP contribution in [0.15, 0.2) is 60.7 Å². The molecule has 2 aliphatic carbocycles. The normalized spacial score (nSPS) is 19.0. The molecule has 0 aliphatic heterocycles. The fraction of sp³-hybridized carbons (Fsp3) is 0.261. The van der Waals surface area contributed by atoms with Gasteiger partial charge in [0.2, 0.25) is 0 Å². The molecule has 0 aromatic heterocycles. The van der Waals surface area contributed by atoms with Crippen LogP contribution < -0.4 is 24.8 Å². The summed E-state index contributed by atoms with van der Waals surface area (Å²) in [6, 6.07) is 18.4. The summed E-state index contributed by atoms with van der Waals surface area (Å²) in [7, 11) is 0. The van der Waals surface area contributed by atoms with Crippen LogP contribution in [-0.2, 0) is 21.3 Å². The molecule has 2 aromatic carbocycles. The summed E-state index contributed by atoms with van der Waals surface area (Å²) < 4.78 is 9.72. The molecule has 2 atom stereocenters. The van der Waals surface area contributed by atoms with Crippen LogP contribution >= 0.6 is 0 Å². The Balaban J connectivity index is 0.00000140. The van der Waals surface area contributed by atoms with Crippen LogP contribution in [0.2, 0.25) is 23.0 Å². The van der Waals surface area contributed by atoms with Gasteiger partial charge in [0.25, 0.3) is 0 Å². The molecule has 0 radical (unpaired) electrons. The van der Waals surface area contributed by atoms with Crippen molar-refractivity contribution in [3.05, 3.63) is 82.9 Å². The zero-order chi connectivity index (χ0) is 18.4. The van der Waals surface area contributed by atoms with E-state index in [1.165, 1.54) is 0 Å². The second-order valence-electron chi connectivity index (χ2n) is 8.26. The van der Waals surface area contributed by atoms with Gasteiger partial charge in [-0.25, -0.2) is 0 Å². The number of rotatable bonds is 4. The van der Waals surface area contributed by atoms with E-state index in [2.05, 4.69) is 83.7 Å². The van der Waals surface area contributed by atoms with E-state index < -0.39 is 50.0 Å². The van der Waals surface area contributed by atoms with E-state index in [4.69, 9.17) is 4.21 Å². The average molecular weight is 612 g/mol. The molecule has 2 aliphatic rings. The summed E-state index contributed by atoms with van der Waals surface area (Å²) >= 11 is -4.57. The van der Waals surface area contributed by atoms with Crippen molar-refractivity contribution in [3.8, 4) is 0 Å². The monoisotopic (exact) mass is 612 g/mol. The third-order valence-electron chi connectivity index (χ3n) is 5.95. The maximum atomic E-state index is 4.94. The summed E-state index contributed by atoms with van der Waals surface area (Å²) in [6.07, 6.45) is 5.37. The number of hydrogen-bond donors (Lipinski definition) is 0. The van der Waals surface area contributed by atoms with Crippen molar-refractivity contribution in [2.45, 2.75) is 30.3 Å². The average Bonchev–Trinajstić information content (AvgIpc) is 3.20. The minimum Gasteiger partial charge on any atom is -1.00 e. The zero-order valence-corrected chi connectivity index (χ0v) is 25.9. The van der Waals surface area contributed by atoms with Gasteiger partial charge in [-0.15, -0.1) is 0 Å². The molecule has 28 heavy (non-hydrogen) atoms. The molecule has 0 N–H and O–H groups in total. The van der Waals surface area contributed by atoms with Crippen LogP contribution in [0.5, 0.6) is 0 Å². The van der Waals surface area contributed by atoms with Crippen molar-refractivity contribution in [2.75, 3.05) is 0 Å². The van der Waals surface area contributed by atoms with Gasteiger partial charge >= 0.3 is 176 Å². The third-order valence-corrected chi connectivity index (χ3v) is 19.6. The smallest absolute Gasteiger partial charge is 1.00 e. The molecule has 0 saturated carbocycles. The number of fused-ring (bicyclic) bond motifs is 2. The van der Waals surface area contributed by atoms with E-state index in [1.807, 2.05) is 0 Å². The fourth-order valence-corrected chi connectivity index (χ4v) is 18.8. The molecule has 0 saturated heterocycles. The van der Waals surface area contributed by atoms with Gasteiger partial charge in [-0.2, -0.15) is 0 Å². The van der Waals surface area contributed by atoms with Gasteiger partial charge in [0.15, 0.2) is 0 Å². The minimum absolute atomic E-state index is 0. The second-order valence-corrected chi connectivity index (χ2v) is 26.4. The van der Waals surface area contributed by atoms with Crippen LogP contribution in [0, 0.1) is 0 Å². The first-order valence-corrected chi connectivity index (χ1v) is 26.5. The van der Waals surface area contributed by atoms with Gasteiger partial charge in [-0.1, -0.05) is 0 Å². The topological polar surface area (TPSA) is 0 Å². The molecule has 4 rings (SSSR count). The third kappa shape index (κ3) is 4.35. The predicted molar refractivity (Wildman–Crippen MR) is 119 cm³/mol. The number of hydrogen-bond acceptors (Lipinski definition) is 0. The largest absolute Gasteiger partial charge is 1.00 e. The molecule has 0 bridgehead atoms. The van der Waals surface area contributed by atoms with Crippen molar-refractivity contribution < 1.29 is 46.1 Å². The van der Waals surface area contributed by atoms with Crippen LogP contribution in [-0.4, -0.2) is 32.9 Å². The number of benzene rings is 2. The second kappa shape index (κ2) is 10.1. The van der Waals surface area contributed by atoms with Gasteiger partial charge in [0.05, 0.1) is 0 Å². The molecule has 5 heteroatoms. The van der Waals surface area contributed by atoms with Crippen molar-refractivity contribution in [1.82, 2.24) is 0 Å². The van der Waals surface area contributed by atoms with Crippen LogP contribution in [0.4, 0.5) is 0 Å². The summed E-state index contributed by atoms with van der Waals surface area (Å²) in [5, 5.41) is 0. The number of allylic oxidation sites excluding steroid dienone is 2. The molecule has 0 heterocycles. The minimum atomic E-state index is -1.97. The Morgan fingerprint density at radius 3 is 1.39 bits per heavy atom. The van der Waals surface area contributed by atoms with Crippen LogP contribution in [0.25, 0.3) is 8.81 Å². The SMILES string of the molecule is [CH2]=[Zr+2]([CH]1C=[C]([GeH]([CH3])[CH3])c2ccccc21)[CH]1C=[C]([GeH]([CH3])[CH3])c2ccccc21.[Cl-].[Cl-]. The van der Waals surface area contributed by atoms with Crippen molar-refractivity contribution in [2.24, 2.45) is 0 Å². The molecule has 0 spiro atoms. The van der Waals surface area contributed by atoms with E-state index in [0.717, 1.165) is 0 Å². The standard InChI is InChI=1S/2C11H13Ge.CH2.2ClH.Zr/c2*1-12(2)11-8-7-9-5-3-4-6-10(9)11;;;;/h2*3-8,12H,1-2H3;1H2;2*1H;/q;;;;;+2/p-2. The van der Waals surface area contributed by atoms with E-state index in [1.54, 1.807) is 31.1 Å². The maximum Gasteiger partial charge on any atom is -1.00 e. The van der Waals surface area contributed by atoms with Crippen LogP contribution in [0.1, 0.15) is 29.5 Å². The molecule has 2 aromatic rings. The molecule has 2 unspecified atom stereocenters. The Hall–Kier alpha value is 0.339. The summed E-state index contributed by atoms with van der Waals surface area (Å²) in [6.45, 7) is 0. The summed E-state index contributed by atoms with van der Waals surface area (Å²) in [5.74, 6) is 10.1. The van der Waals surface area contributed by atoms with Crippen molar-refractivity contribution in [3.63, 3.8) is 0 Å². The van der Waals surface area contributed by atoms with E-state index in [0.29, 0.717) is 7.25 Å². The quantitative estimate of drug-likeness (QED) is 0.405. The Morgan fingerprint density at radius 1 is 0.679 bits per heavy atom. The van der Waals surface area contributed by atoms with Gasteiger partial charge in [0.1, 0.15) is 0 Å². The molecule has 146 valence electrons. The summed E-state index contributed by atoms with van der Waals surface area (Å²) in [4.78, 5) is 0. The number of halogens is 2. The first kappa shape index (κ1) is 24.6. The van der Waals surface area contributed by atoms with E-state index in [-0.39, 0.29) is 24.8 Å². The molecule has 0 amide bonds. The molecule has 0 fully saturated rings. The first-order chi connectivity index (χ1) is 12.5. The van der Waals surface area contributed by atoms with Crippen molar-refractivity contribution >= 4 is 41.7 Å². The molecular formula is C23H28Cl2Ge2Zr. The van der Waals surface area contributed by atoms with Gasteiger partial charge in [-0.05, 0) is 0 Å². The van der Waals surface area contributed by atoms with Crippen molar-refractivity contribution in [1.29, 1.82) is 0 Å². The van der Waals surface area contributed by atoms with Gasteiger partial charge in [0, 0.05) is 0 Å². The Labute approximate surface area is 199 Å². The van der Waals surface area contributed by atoms with E-state index >= 15 is 0 Å². The zero-order valence-electron chi connectivity index (χ0n) is 17.0. The van der Waals surface area contributed by atoms with Crippen LogP contribution in [0.3, 0.4) is 0 Å². The maximum absolute atomic E-state index is 4.94. The Morgan fingerprint density at radius 2 is 1.04 bits per heavy atom. The fourth-order valence-electron chi connectivity index (χ4n) is 4.59. The van der Waals surface area contributed by atoms with Gasteiger partial charge < -0.3 is 24.8 Å². The Kier molecular flexibility index (Phi) is 8.87. The predicted octanol–water partition coefficient (Wildman–Crippen LogP) is -0.627. The summed E-state index contributed by atoms with van der Waals surface area (Å²) in [5.41, 5.74) is 6.37. The Bertz CT molecular complexity index is 872.